The molecular weight excluding hydrogens is 352 g/mol. The summed E-state index contributed by atoms with van der Waals surface area (Å²) in [5, 5.41) is 3.86. The number of fused-ring (bicyclic) bond motifs is 1. The summed E-state index contributed by atoms with van der Waals surface area (Å²) in [6, 6.07) is 14.6. The van der Waals surface area contributed by atoms with E-state index in [1.54, 1.807) is 39.0 Å². The van der Waals surface area contributed by atoms with E-state index in [2.05, 4.69) is 10.3 Å². The third-order valence-corrected chi connectivity index (χ3v) is 3.90. The number of carbonyl (C=O) groups excluding carboxylic acids is 1. The highest BCUT2D eigenvalue weighted by molar-refractivity contribution is 6.31. The topological polar surface area (TPSA) is 71.2 Å². The Hall–Kier alpha value is -2.79. The maximum atomic E-state index is 12.7. The smallest absolute Gasteiger partial charge is 0.412 e. The molecular formula is C20H19ClN2O3. The molecule has 0 aliphatic carbocycles. The molecule has 134 valence electrons. The van der Waals surface area contributed by atoms with Crippen molar-refractivity contribution in [2.24, 2.45) is 0 Å². The molecule has 26 heavy (non-hydrogen) atoms. The van der Waals surface area contributed by atoms with Crippen LogP contribution in [0.1, 0.15) is 20.8 Å². The molecule has 5 nitrogen and oxygen atoms in total. The van der Waals surface area contributed by atoms with E-state index in [9.17, 15) is 9.59 Å². The summed E-state index contributed by atoms with van der Waals surface area (Å²) < 4.78 is 5.29. The molecule has 0 radical (unpaired) electrons. The summed E-state index contributed by atoms with van der Waals surface area (Å²) in [5.41, 5.74) is 1.05. The van der Waals surface area contributed by atoms with Gasteiger partial charge in [0.1, 0.15) is 11.3 Å². The molecule has 0 unspecified atom stereocenters. The minimum atomic E-state index is -0.693. The van der Waals surface area contributed by atoms with Crippen molar-refractivity contribution >= 4 is 34.3 Å². The first-order valence-corrected chi connectivity index (χ1v) is 8.53. The van der Waals surface area contributed by atoms with Crippen molar-refractivity contribution in [3.8, 4) is 11.1 Å². The summed E-state index contributed by atoms with van der Waals surface area (Å²) in [6.07, 6.45) is -0.693. The Morgan fingerprint density at radius 1 is 1.12 bits per heavy atom. The van der Waals surface area contributed by atoms with Gasteiger partial charge in [-0.15, -0.1) is 0 Å². The Labute approximate surface area is 156 Å². The number of ether oxygens (including phenoxy) is 1. The highest BCUT2D eigenvalue weighted by Crippen LogP contribution is 2.33. The number of rotatable bonds is 2. The molecule has 2 N–H and O–H groups in total. The van der Waals surface area contributed by atoms with Gasteiger partial charge >= 0.3 is 6.09 Å². The van der Waals surface area contributed by atoms with E-state index in [0.717, 1.165) is 10.9 Å². The third-order valence-electron chi connectivity index (χ3n) is 3.66. The number of halogens is 1. The number of aromatic nitrogens is 1. The summed E-state index contributed by atoms with van der Waals surface area (Å²) in [6.45, 7) is 5.28. The molecule has 1 amide bonds. The van der Waals surface area contributed by atoms with Crippen LogP contribution in [0.25, 0.3) is 22.0 Å². The highest BCUT2D eigenvalue weighted by atomic mass is 35.5. The predicted molar refractivity (Wildman–Crippen MR) is 105 cm³/mol. The average Bonchev–Trinajstić information content (AvgIpc) is 2.55. The maximum absolute atomic E-state index is 12.7. The molecule has 2 aromatic carbocycles. The van der Waals surface area contributed by atoms with Gasteiger partial charge in [0, 0.05) is 21.5 Å². The number of hydrogen-bond donors (Lipinski definition) is 2. The molecule has 1 heterocycles. The lowest BCUT2D eigenvalue weighted by atomic mass is 9.99. The molecule has 0 bridgehead atoms. The normalized spacial score (nSPS) is 11.4. The number of pyridine rings is 1. The summed E-state index contributed by atoms with van der Waals surface area (Å²) >= 11 is 6.16. The Kier molecular flexibility index (Phi) is 4.74. The molecule has 0 aliphatic heterocycles. The molecule has 0 saturated carbocycles. The zero-order valence-electron chi connectivity index (χ0n) is 14.7. The van der Waals surface area contributed by atoms with E-state index in [4.69, 9.17) is 16.3 Å². The second kappa shape index (κ2) is 6.84. The van der Waals surface area contributed by atoms with Crippen LogP contribution in [0.3, 0.4) is 0 Å². The van der Waals surface area contributed by atoms with E-state index in [1.807, 2.05) is 30.3 Å². The average molecular weight is 371 g/mol. The zero-order chi connectivity index (χ0) is 18.9. The van der Waals surface area contributed by atoms with Crippen molar-refractivity contribution in [2.45, 2.75) is 26.4 Å². The summed E-state index contributed by atoms with van der Waals surface area (Å²) in [4.78, 5) is 27.7. The van der Waals surface area contributed by atoms with Gasteiger partial charge in [0.15, 0.2) is 0 Å². The summed E-state index contributed by atoms with van der Waals surface area (Å²) in [5.74, 6) is 0. The lowest BCUT2D eigenvalue weighted by Crippen LogP contribution is -2.29. The number of hydrogen-bond acceptors (Lipinski definition) is 3. The van der Waals surface area contributed by atoms with Crippen molar-refractivity contribution in [1.82, 2.24) is 4.98 Å². The van der Waals surface area contributed by atoms with Crippen LogP contribution in [0.4, 0.5) is 10.5 Å². The van der Waals surface area contributed by atoms with Crippen molar-refractivity contribution in [3.05, 3.63) is 63.9 Å². The van der Waals surface area contributed by atoms with Gasteiger partial charge in [0.2, 0.25) is 0 Å². The molecule has 3 rings (SSSR count). The van der Waals surface area contributed by atoms with E-state index in [1.165, 1.54) is 0 Å². The minimum absolute atomic E-state index is 0.125. The third kappa shape index (κ3) is 3.89. The lowest BCUT2D eigenvalue weighted by Gasteiger charge is -2.20. The largest absolute Gasteiger partial charge is 0.444 e. The minimum Gasteiger partial charge on any atom is -0.444 e. The number of amides is 1. The van der Waals surface area contributed by atoms with Gasteiger partial charge in [-0.3, -0.25) is 10.1 Å². The van der Waals surface area contributed by atoms with E-state index in [0.29, 0.717) is 16.1 Å². The Morgan fingerprint density at radius 2 is 1.81 bits per heavy atom. The van der Waals surface area contributed by atoms with Crippen LogP contribution >= 0.6 is 11.6 Å². The van der Waals surface area contributed by atoms with Crippen molar-refractivity contribution < 1.29 is 9.53 Å². The fraction of sp³-hybridized carbons (Fsp3) is 0.200. The Balaban J connectivity index is 2.23. The van der Waals surface area contributed by atoms with Gasteiger partial charge in [0.25, 0.3) is 5.56 Å². The number of anilines is 1. The first-order chi connectivity index (χ1) is 12.2. The van der Waals surface area contributed by atoms with E-state index in [-0.39, 0.29) is 5.69 Å². The number of H-pyrrole nitrogens is 1. The molecule has 3 aromatic rings. The van der Waals surface area contributed by atoms with Crippen LogP contribution in [-0.2, 0) is 4.74 Å². The Bertz CT molecular complexity index is 1020. The molecule has 0 saturated heterocycles. The van der Waals surface area contributed by atoms with Crippen molar-refractivity contribution in [1.29, 1.82) is 0 Å². The highest BCUT2D eigenvalue weighted by Gasteiger charge is 2.21. The van der Waals surface area contributed by atoms with Crippen LogP contribution in [0.2, 0.25) is 5.02 Å². The van der Waals surface area contributed by atoms with Crippen molar-refractivity contribution in [3.63, 3.8) is 0 Å². The van der Waals surface area contributed by atoms with Crippen LogP contribution < -0.4 is 10.9 Å². The number of nitrogens with one attached hydrogen (secondary N) is 2. The molecule has 0 spiro atoms. The predicted octanol–water partition coefficient (Wildman–Crippen LogP) is 5.20. The number of aromatic amines is 1. The maximum Gasteiger partial charge on any atom is 0.412 e. The van der Waals surface area contributed by atoms with Crippen LogP contribution in [0, 0.1) is 0 Å². The lowest BCUT2D eigenvalue weighted by molar-refractivity contribution is 0.0636. The van der Waals surface area contributed by atoms with Gasteiger partial charge in [-0.1, -0.05) is 41.9 Å². The second-order valence-corrected chi connectivity index (χ2v) is 7.32. The number of carbonyl (C=O) groups is 1. The molecule has 0 atom stereocenters. The van der Waals surface area contributed by atoms with Crippen LogP contribution in [-0.4, -0.2) is 16.7 Å². The van der Waals surface area contributed by atoms with Gasteiger partial charge < -0.3 is 9.72 Å². The molecule has 1 aromatic heterocycles. The van der Waals surface area contributed by atoms with Gasteiger partial charge in [-0.25, -0.2) is 4.79 Å². The monoisotopic (exact) mass is 370 g/mol. The summed E-state index contributed by atoms with van der Waals surface area (Å²) in [7, 11) is 0. The molecule has 0 aliphatic rings. The first kappa shape index (κ1) is 18.0. The quantitative estimate of drug-likeness (QED) is 0.651. The first-order valence-electron chi connectivity index (χ1n) is 8.15. The van der Waals surface area contributed by atoms with E-state index < -0.39 is 17.3 Å². The SMILES string of the molecule is CC(C)(C)OC(=O)Nc1c(-c2ccccc2)c2cc(Cl)ccc2[nH]c1=O. The standard InChI is InChI=1S/C20H19ClN2O3/c1-20(2,3)26-19(25)23-17-16(12-7-5-4-6-8-12)14-11-13(21)9-10-15(14)22-18(17)24/h4-11H,1-3H3,(H,22,24)(H,23,25). The van der Waals surface area contributed by atoms with Gasteiger partial charge in [-0.05, 0) is 44.5 Å². The number of benzene rings is 2. The van der Waals surface area contributed by atoms with Gasteiger partial charge in [-0.2, -0.15) is 0 Å². The fourth-order valence-electron chi connectivity index (χ4n) is 2.69. The van der Waals surface area contributed by atoms with Crippen LogP contribution in [0.15, 0.2) is 53.3 Å². The fourth-order valence-corrected chi connectivity index (χ4v) is 2.87. The van der Waals surface area contributed by atoms with Crippen molar-refractivity contribution in [2.75, 3.05) is 5.32 Å². The molecule has 0 fully saturated rings. The molecule has 6 heteroatoms. The zero-order valence-corrected chi connectivity index (χ0v) is 15.5. The Morgan fingerprint density at radius 3 is 2.46 bits per heavy atom. The second-order valence-electron chi connectivity index (χ2n) is 6.89. The van der Waals surface area contributed by atoms with Crippen LogP contribution in [0.5, 0.6) is 0 Å². The van der Waals surface area contributed by atoms with Gasteiger partial charge in [0.05, 0.1) is 0 Å². The van der Waals surface area contributed by atoms with E-state index >= 15 is 0 Å².